The highest BCUT2D eigenvalue weighted by Gasteiger charge is 2.04. The van der Waals surface area contributed by atoms with E-state index in [1.165, 1.54) is 31.4 Å². The van der Waals surface area contributed by atoms with Crippen molar-refractivity contribution in [3.63, 3.8) is 0 Å². The Morgan fingerprint density at radius 1 is 1.47 bits per heavy atom. The Bertz CT molecular complexity index is 473. The van der Waals surface area contributed by atoms with Crippen LogP contribution in [0.2, 0.25) is 0 Å². The summed E-state index contributed by atoms with van der Waals surface area (Å²) in [6, 6.07) is 5.95. The number of benzene rings is 1. The van der Waals surface area contributed by atoms with Crippen molar-refractivity contribution in [1.29, 1.82) is 0 Å². The van der Waals surface area contributed by atoms with E-state index in [9.17, 15) is 14.9 Å². The fourth-order valence-electron chi connectivity index (χ4n) is 1.20. The summed E-state index contributed by atoms with van der Waals surface area (Å²) in [5, 5.41) is 10.6. The maximum atomic E-state index is 11.3. The molecule has 1 aromatic rings. The first-order chi connectivity index (χ1) is 9.13. The minimum absolute atomic E-state index is 0.0288. The second kappa shape index (κ2) is 7.96. The van der Waals surface area contributed by atoms with Crippen LogP contribution in [0, 0.1) is 10.1 Å². The van der Waals surface area contributed by atoms with Gasteiger partial charge in [-0.1, -0.05) is 12.1 Å². The van der Waals surface area contributed by atoms with Crippen LogP contribution in [0.3, 0.4) is 0 Å². The number of non-ortho nitro benzene ring substituents is 1. The zero-order valence-electron chi connectivity index (χ0n) is 10.4. The minimum atomic E-state index is -0.495. The number of nitro groups is 1. The Morgan fingerprint density at radius 3 is 2.95 bits per heavy atom. The number of methoxy groups -OCH3 is 1. The van der Waals surface area contributed by atoms with Gasteiger partial charge in [0, 0.05) is 25.3 Å². The van der Waals surface area contributed by atoms with E-state index in [4.69, 9.17) is 9.57 Å². The number of amides is 1. The van der Waals surface area contributed by atoms with Gasteiger partial charge < -0.3 is 4.74 Å². The van der Waals surface area contributed by atoms with E-state index >= 15 is 0 Å². The molecule has 1 rings (SSSR count). The Kier molecular flexibility index (Phi) is 6.20. The maximum absolute atomic E-state index is 11.3. The number of nitrogens with zero attached hydrogens (tertiary/aromatic N) is 1. The van der Waals surface area contributed by atoms with Gasteiger partial charge in [0.15, 0.2) is 0 Å². The SMILES string of the molecule is COCCONC(=O)/C=C/c1cccc([N+](=O)[O-])c1. The molecule has 0 unspecified atom stereocenters. The van der Waals surface area contributed by atoms with Crippen molar-refractivity contribution in [2.24, 2.45) is 0 Å². The summed E-state index contributed by atoms with van der Waals surface area (Å²) < 4.78 is 4.73. The molecule has 102 valence electrons. The van der Waals surface area contributed by atoms with Crippen molar-refractivity contribution in [1.82, 2.24) is 5.48 Å². The molecule has 0 fully saturated rings. The maximum Gasteiger partial charge on any atom is 0.270 e. The molecule has 0 heterocycles. The van der Waals surface area contributed by atoms with E-state index in [1.54, 1.807) is 12.1 Å². The topological polar surface area (TPSA) is 90.7 Å². The lowest BCUT2D eigenvalue weighted by Gasteiger charge is -2.01. The fraction of sp³-hybridized carbons (Fsp3) is 0.250. The Balaban J connectivity index is 2.49. The second-order valence-corrected chi connectivity index (χ2v) is 3.49. The number of hydrogen-bond donors (Lipinski definition) is 1. The lowest BCUT2D eigenvalue weighted by molar-refractivity contribution is -0.384. The number of nitro benzene ring substituents is 1. The van der Waals surface area contributed by atoms with Gasteiger partial charge in [0.1, 0.15) is 0 Å². The Labute approximate surface area is 109 Å². The van der Waals surface area contributed by atoms with Gasteiger partial charge in [0.05, 0.1) is 18.1 Å². The quantitative estimate of drug-likeness (QED) is 0.347. The summed E-state index contributed by atoms with van der Waals surface area (Å²) in [4.78, 5) is 26.2. The second-order valence-electron chi connectivity index (χ2n) is 3.49. The molecular weight excluding hydrogens is 252 g/mol. The molecule has 1 aromatic carbocycles. The average molecular weight is 266 g/mol. The number of nitrogens with one attached hydrogen (secondary N) is 1. The largest absolute Gasteiger partial charge is 0.382 e. The van der Waals surface area contributed by atoms with Crippen LogP contribution >= 0.6 is 0 Å². The summed E-state index contributed by atoms with van der Waals surface area (Å²) in [6.45, 7) is 0.613. The predicted molar refractivity (Wildman–Crippen MR) is 68.1 cm³/mol. The van der Waals surface area contributed by atoms with Crippen LogP contribution in [0.15, 0.2) is 30.3 Å². The van der Waals surface area contributed by atoms with Gasteiger partial charge in [0.2, 0.25) is 0 Å². The molecule has 0 aromatic heterocycles. The van der Waals surface area contributed by atoms with Crippen LogP contribution in [0.1, 0.15) is 5.56 Å². The third kappa shape index (κ3) is 5.75. The van der Waals surface area contributed by atoms with Crippen molar-refractivity contribution in [3.8, 4) is 0 Å². The highest BCUT2D eigenvalue weighted by molar-refractivity contribution is 5.91. The highest BCUT2D eigenvalue weighted by atomic mass is 16.7. The first kappa shape index (κ1) is 14.8. The lowest BCUT2D eigenvalue weighted by Crippen LogP contribution is -2.23. The smallest absolute Gasteiger partial charge is 0.270 e. The van der Waals surface area contributed by atoms with Gasteiger partial charge in [-0.25, -0.2) is 5.48 Å². The van der Waals surface area contributed by atoms with Crippen molar-refractivity contribution in [2.75, 3.05) is 20.3 Å². The number of carbonyl (C=O) groups is 1. The molecule has 19 heavy (non-hydrogen) atoms. The summed E-state index contributed by atoms with van der Waals surface area (Å²) in [5.74, 6) is -0.456. The molecule has 7 nitrogen and oxygen atoms in total. The van der Waals surface area contributed by atoms with Crippen LogP contribution in [0.5, 0.6) is 0 Å². The molecule has 0 aliphatic rings. The number of rotatable bonds is 7. The molecule has 0 atom stereocenters. The average Bonchev–Trinajstić information content (AvgIpc) is 2.41. The molecule has 0 aliphatic carbocycles. The molecule has 1 amide bonds. The van der Waals surface area contributed by atoms with Crippen LogP contribution in [-0.2, 0) is 14.4 Å². The Morgan fingerprint density at radius 2 is 2.26 bits per heavy atom. The van der Waals surface area contributed by atoms with Crippen molar-refractivity contribution < 1.29 is 19.3 Å². The fourth-order valence-corrected chi connectivity index (χ4v) is 1.20. The van der Waals surface area contributed by atoms with Gasteiger partial charge in [0.25, 0.3) is 11.6 Å². The lowest BCUT2D eigenvalue weighted by atomic mass is 10.2. The Hall–Kier alpha value is -2.25. The summed E-state index contributed by atoms with van der Waals surface area (Å²) in [7, 11) is 1.52. The predicted octanol–water partition coefficient (Wildman–Crippen LogP) is 1.30. The van der Waals surface area contributed by atoms with Gasteiger partial charge in [-0.15, -0.1) is 0 Å². The van der Waals surface area contributed by atoms with Gasteiger partial charge in [-0.2, -0.15) is 0 Å². The molecule has 0 radical (unpaired) electrons. The standard InChI is InChI=1S/C12H14N2O5/c1-18-7-8-19-13-12(15)6-5-10-3-2-4-11(9-10)14(16)17/h2-6,9H,7-8H2,1H3,(H,13,15)/b6-5+. The van der Waals surface area contributed by atoms with Gasteiger partial charge >= 0.3 is 0 Å². The number of ether oxygens (including phenoxy) is 1. The number of hydroxylamine groups is 1. The first-order valence-electron chi connectivity index (χ1n) is 5.46. The summed E-state index contributed by atoms with van der Waals surface area (Å²) in [5.41, 5.74) is 2.71. The van der Waals surface area contributed by atoms with Crippen LogP contribution in [0.4, 0.5) is 5.69 Å². The summed E-state index contributed by atoms with van der Waals surface area (Å²) in [6.07, 6.45) is 2.69. The number of hydrogen-bond acceptors (Lipinski definition) is 5. The third-order valence-electron chi connectivity index (χ3n) is 2.07. The van der Waals surface area contributed by atoms with E-state index in [0.29, 0.717) is 12.2 Å². The monoisotopic (exact) mass is 266 g/mol. The molecule has 0 spiro atoms. The molecular formula is C12H14N2O5. The van der Waals surface area contributed by atoms with Crippen LogP contribution in [0.25, 0.3) is 6.08 Å². The highest BCUT2D eigenvalue weighted by Crippen LogP contribution is 2.13. The first-order valence-corrected chi connectivity index (χ1v) is 5.46. The van der Waals surface area contributed by atoms with E-state index in [2.05, 4.69) is 5.48 Å². The molecule has 7 heteroatoms. The zero-order valence-corrected chi connectivity index (χ0v) is 10.4. The van der Waals surface area contributed by atoms with Crippen molar-refractivity contribution in [3.05, 3.63) is 46.0 Å². The molecule has 1 N–H and O–H groups in total. The molecule has 0 bridgehead atoms. The van der Waals surface area contributed by atoms with Crippen molar-refractivity contribution >= 4 is 17.7 Å². The van der Waals surface area contributed by atoms with Crippen molar-refractivity contribution in [2.45, 2.75) is 0 Å². The number of carbonyl (C=O) groups excluding carboxylic acids is 1. The third-order valence-corrected chi connectivity index (χ3v) is 2.07. The molecule has 0 saturated carbocycles. The summed E-state index contributed by atoms with van der Waals surface area (Å²) >= 11 is 0. The minimum Gasteiger partial charge on any atom is -0.382 e. The van der Waals surface area contributed by atoms with Gasteiger partial charge in [-0.3, -0.25) is 19.7 Å². The van der Waals surface area contributed by atoms with E-state index in [1.807, 2.05) is 0 Å². The van der Waals surface area contributed by atoms with E-state index in [0.717, 1.165) is 0 Å². The van der Waals surface area contributed by atoms with E-state index < -0.39 is 10.8 Å². The van der Waals surface area contributed by atoms with E-state index in [-0.39, 0.29) is 12.3 Å². The zero-order chi connectivity index (χ0) is 14.1. The van der Waals surface area contributed by atoms with Crippen LogP contribution < -0.4 is 5.48 Å². The molecule has 0 aliphatic heterocycles. The van der Waals surface area contributed by atoms with Gasteiger partial charge in [-0.05, 0) is 11.6 Å². The molecule has 0 saturated heterocycles. The normalized spacial score (nSPS) is 10.6. The van der Waals surface area contributed by atoms with Crippen LogP contribution in [-0.4, -0.2) is 31.2 Å².